The smallest absolute Gasteiger partial charge is 0.264 e. The molecule has 126 valence electrons. The van der Waals surface area contributed by atoms with Crippen molar-refractivity contribution in [3.05, 3.63) is 52.5 Å². The zero-order valence-electron chi connectivity index (χ0n) is 12.5. The fourth-order valence-corrected chi connectivity index (χ4v) is 4.85. The number of rotatable bonds is 4. The van der Waals surface area contributed by atoms with Gasteiger partial charge in [-0.15, -0.1) is 0 Å². The second-order valence-electron chi connectivity index (χ2n) is 5.32. The topological polar surface area (TPSA) is 66.5 Å². The SMILES string of the molecule is O=C1CCCN1c1ccccc1NS(=O)(=O)c1c(Cl)cccc1Cl. The van der Waals surface area contributed by atoms with Crippen LogP contribution in [0.4, 0.5) is 11.4 Å². The number of carbonyl (C=O) groups is 1. The minimum absolute atomic E-state index is 0.0302. The lowest BCUT2D eigenvalue weighted by atomic mass is 10.2. The second kappa shape index (κ2) is 6.63. The molecule has 0 spiro atoms. The van der Waals surface area contributed by atoms with Crippen LogP contribution in [0.15, 0.2) is 47.4 Å². The van der Waals surface area contributed by atoms with Gasteiger partial charge in [0.05, 0.1) is 21.4 Å². The van der Waals surface area contributed by atoms with Gasteiger partial charge in [-0.3, -0.25) is 9.52 Å². The summed E-state index contributed by atoms with van der Waals surface area (Å²) in [6.45, 7) is 0.560. The van der Waals surface area contributed by atoms with E-state index >= 15 is 0 Å². The highest BCUT2D eigenvalue weighted by Gasteiger charge is 2.27. The van der Waals surface area contributed by atoms with Crippen molar-refractivity contribution in [1.82, 2.24) is 0 Å². The number of nitrogens with one attached hydrogen (secondary N) is 1. The Morgan fingerprint density at radius 3 is 2.29 bits per heavy atom. The van der Waals surface area contributed by atoms with Crippen molar-refractivity contribution in [3.8, 4) is 0 Å². The van der Waals surface area contributed by atoms with E-state index in [0.717, 1.165) is 6.42 Å². The lowest BCUT2D eigenvalue weighted by Gasteiger charge is -2.20. The van der Waals surface area contributed by atoms with E-state index in [-0.39, 0.29) is 20.8 Å². The maximum atomic E-state index is 12.7. The van der Waals surface area contributed by atoms with Crippen molar-refractivity contribution in [3.63, 3.8) is 0 Å². The third-order valence-electron chi connectivity index (χ3n) is 3.70. The van der Waals surface area contributed by atoms with Crippen molar-refractivity contribution in [1.29, 1.82) is 0 Å². The summed E-state index contributed by atoms with van der Waals surface area (Å²) in [6.07, 6.45) is 1.20. The number of amides is 1. The normalized spacial score (nSPS) is 14.9. The molecule has 1 saturated heterocycles. The van der Waals surface area contributed by atoms with Gasteiger partial charge in [0.2, 0.25) is 5.91 Å². The first-order valence-corrected chi connectivity index (χ1v) is 9.50. The number of halogens is 2. The Hall–Kier alpha value is -1.76. The monoisotopic (exact) mass is 384 g/mol. The predicted octanol–water partition coefficient (Wildman–Crippen LogP) is 3.92. The molecule has 0 radical (unpaired) electrons. The van der Waals surface area contributed by atoms with Crippen LogP contribution in [-0.2, 0) is 14.8 Å². The van der Waals surface area contributed by atoms with E-state index in [1.54, 1.807) is 35.2 Å². The lowest BCUT2D eigenvalue weighted by Crippen LogP contribution is -2.25. The average Bonchev–Trinajstić information content (AvgIpc) is 2.93. The van der Waals surface area contributed by atoms with E-state index in [2.05, 4.69) is 4.72 Å². The van der Waals surface area contributed by atoms with Gasteiger partial charge in [-0.1, -0.05) is 41.4 Å². The average molecular weight is 385 g/mol. The summed E-state index contributed by atoms with van der Waals surface area (Å²) in [5.74, 6) is -0.0302. The van der Waals surface area contributed by atoms with Crippen LogP contribution in [0.3, 0.4) is 0 Å². The number of carbonyl (C=O) groups excluding carboxylic acids is 1. The van der Waals surface area contributed by atoms with Crippen LogP contribution in [0.5, 0.6) is 0 Å². The minimum atomic E-state index is -4.00. The largest absolute Gasteiger partial charge is 0.310 e. The Morgan fingerprint density at radius 1 is 1.00 bits per heavy atom. The number of anilines is 2. The number of nitrogens with zero attached hydrogens (tertiary/aromatic N) is 1. The van der Waals surface area contributed by atoms with Gasteiger partial charge in [-0.2, -0.15) is 0 Å². The first-order valence-electron chi connectivity index (χ1n) is 7.26. The van der Waals surface area contributed by atoms with Gasteiger partial charge >= 0.3 is 0 Å². The Morgan fingerprint density at radius 2 is 1.67 bits per heavy atom. The molecule has 0 saturated carbocycles. The first-order chi connectivity index (χ1) is 11.4. The molecule has 2 aromatic carbocycles. The van der Waals surface area contributed by atoms with Crippen LogP contribution in [-0.4, -0.2) is 20.9 Å². The molecule has 0 atom stereocenters. The molecule has 0 aliphatic carbocycles. The van der Waals surface area contributed by atoms with Crippen LogP contribution in [0, 0.1) is 0 Å². The number of benzene rings is 2. The van der Waals surface area contributed by atoms with E-state index in [1.165, 1.54) is 12.1 Å². The Kier molecular flexibility index (Phi) is 4.71. The van der Waals surface area contributed by atoms with Crippen LogP contribution in [0.2, 0.25) is 10.0 Å². The molecule has 1 aliphatic heterocycles. The summed E-state index contributed by atoms with van der Waals surface area (Å²) >= 11 is 12.0. The molecule has 1 aliphatic rings. The van der Waals surface area contributed by atoms with E-state index in [1.807, 2.05) is 0 Å². The third-order valence-corrected chi connectivity index (χ3v) is 6.02. The second-order valence-corrected chi connectivity index (χ2v) is 7.76. The van der Waals surface area contributed by atoms with Crippen molar-refractivity contribution < 1.29 is 13.2 Å². The maximum absolute atomic E-state index is 12.7. The lowest BCUT2D eigenvalue weighted by molar-refractivity contribution is -0.117. The quantitative estimate of drug-likeness (QED) is 0.868. The molecule has 3 rings (SSSR count). The minimum Gasteiger partial charge on any atom is -0.310 e. The molecule has 0 aromatic heterocycles. The van der Waals surface area contributed by atoms with Crippen molar-refractivity contribution in [2.24, 2.45) is 0 Å². The zero-order valence-corrected chi connectivity index (χ0v) is 14.8. The summed E-state index contributed by atoms with van der Waals surface area (Å²) in [5.41, 5.74) is 0.829. The van der Waals surface area contributed by atoms with E-state index in [4.69, 9.17) is 23.2 Å². The third kappa shape index (κ3) is 3.22. The zero-order chi connectivity index (χ0) is 17.3. The standard InChI is InChI=1S/C16H14Cl2N2O3S/c17-11-5-3-6-12(18)16(11)24(22,23)19-13-7-1-2-8-14(13)20-10-4-9-15(20)21/h1-3,5-8,19H,4,9-10H2. The summed E-state index contributed by atoms with van der Waals surface area (Å²) < 4.78 is 27.9. The van der Waals surface area contributed by atoms with Crippen molar-refractivity contribution >= 4 is 50.5 Å². The predicted molar refractivity (Wildman–Crippen MR) is 95.3 cm³/mol. The molecule has 1 fully saturated rings. The summed E-state index contributed by atoms with van der Waals surface area (Å²) in [4.78, 5) is 13.4. The van der Waals surface area contributed by atoms with Gasteiger partial charge in [0.15, 0.2) is 0 Å². The molecule has 1 amide bonds. The summed E-state index contributed by atoms with van der Waals surface area (Å²) in [7, 11) is -4.00. The molecule has 0 unspecified atom stereocenters. The molecular formula is C16H14Cl2N2O3S. The summed E-state index contributed by atoms with van der Waals surface area (Å²) in [5, 5.41) is 0.0643. The fraction of sp³-hybridized carbons (Fsp3) is 0.188. The molecule has 8 heteroatoms. The molecule has 24 heavy (non-hydrogen) atoms. The Labute approximate surface area is 150 Å². The van der Waals surface area contributed by atoms with Gasteiger partial charge in [-0.05, 0) is 30.7 Å². The molecule has 1 N–H and O–H groups in total. The van der Waals surface area contributed by atoms with Crippen molar-refractivity contribution in [2.75, 3.05) is 16.2 Å². The van der Waals surface area contributed by atoms with E-state index in [0.29, 0.717) is 24.3 Å². The van der Waals surface area contributed by atoms with Gasteiger partial charge in [0, 0.05) is 13.0 Å². The number of hydrogen-bond acceptors (Lipinski definition) is 3. The van der Waals surface area contributed by atoms with Gasteiger partial charge < -0.3 is 4.90 Å². The number of para-hydroxylation sites is 2. The number of sulfonamides is 1. The highest BCUT2D eigenvalue weighted by atomic mass is 35.5. The van der Waals surface area contributed by atoms with E-state index < -0.39 is 10.0 Å². The Balaban J connectivity index is 2.01. The van der Waals surface area contributed by atoms with Gasteiger partial charge in [0.1, 0.15) is 4.90 Å². The summed E-state index contributed by atoms with van der Waals surface area (Å²) in [6, 6.07) is 11.2. The molecular weight excluding hydrogens is 371 g/mol. The molecule has 0 bridgehead atoms. The maximum Gasteiger partial charge on any atom is 0.264 e. The van der Waals surface area contributed by atoms with Crippen LogP contribution < -0.4 is 9.62 Å². The fourth-order valence-electron chi connectivity index (χ4n) is 2.63. The number of hydrogen-bond donors (Lipinski definition) is 1. The van der Waals surface area contributed by atoms with Gasteiger partial charge in [0.25, 0.3) is 10.0 Å². The highest BCUT2D eigenvalue weighted by Crippen LogP contribution is 2.34. The molecule has 2 aromatic rings. The molecule has 5 nitrogen and oxygen atoms in total. The van der Waals surface area contributed by atoms with Crippen LogP contribution in [0.1, 0.15) is 12.8 Å². The van der Waals surface area contributed by atoms with Crippen molar-refractivity contribution in [2.45, 2.75) is 17.7 Å². The van der Waals surface area contributed by atoms with Gasteiger partial charge in [-0.25, -0.2) is 8.42 Å². The van der Waals surface area contributed by atoms with E-state index in [9.17, 15) is 13.2 Å². The Bertz CT molecular complexity index is 880. The molecule has 1 heterocycles. The highest BCUT2D eigenvalue weighted by molar-refractivity contribution is 7.93. The van der Waals surface area contributed by atoms with Crippen LogP contribution in [0.25, 0.3) is 0 Å². The van der Waals surface area contributed by atoms with Crippen LogP contribution >= 0.6 is 23.2 Å². The first kappa shape index (κ1) is 17.1.